The molecule has 0 saturated heterocycles. The van der Waals surface area contributed by atoms with Gasteiger partial charge in [-0.3, -0.25) is 0 Å². The molecule has 2 nitrogen and oxygen atoms in total. The van der Waals surface area contributed by atoms with E-state index in [-0.39, 0.29) is 0 Å². The van der Waals surface area contributed by atoms with Gasteiger partial charge in [-0.25, -0.2) is 4.98 Å². The topological polar surface area (TPSA) is 38.9 Å². The first-order chi connectivity index (χ1) is 5.79. The van der Waals surface area contributed by atoms with Crippen molar-refractivity contribution in [1.29, 1.82) is 0 Å². The minimum atomic E-state index is 0.368. The molecule has 0 aliphatic heterocycles. The predicted molar refractivity (Wildman–Crippen MR) is 53.9 cm³/mol. The Balaban J connectivity index is 2.28. The Kier molecular flexibility index (Phi) is 2.39. The van der Waals surface area contributed by atoms with Crippen molar-refractivity contribution < 1.29 is 0 Å². The van der Waals surface area contributed by atoms with Gasteiger partial charge in [-0.1, -0.05) is 11.8 Å². The molecule has 0 radical (unpaired) electrons. The van der Waals surface area contributed by atoms with Crippen molar-refractivity contribution in [3.8, 4) is 0 Å². The van der Waals surface area contributed by atoms with Crippen LogP contribution in [0, 0.1) is 0 Å². The van der Waals surface area contributed by atoms with Gasteiger partial charge in [0.1, 0.15) is 4.34 Å². The maximum absolute atomic E-state index is 5.87. The standard InChI is InChI=1S/C8H12N2S2/c1-11-8-10-6-3-2-5(9)4-7(6)12-8/h5H,2-4,9H2,1H3. The van der Waals surface area contributed by atoms with Gasteiger partial charge < -0.3 is 5.73 Å². The van der Waals surface area contributed by atoms with E-state index in [1.165, 1.54) is 14.9 Å². The second-order valence-electron chi connectivity index (χ2n) is 3.06. The summed E-state index contributed by atoms with van der Waals surface area (Å²) in [7, 11) is 0. The number of hydrogen-bond donors (Lipinski definition) is 1. The SMILES string of the molecule is CSc1nc2c(s1)CC(N)CC2. The fourth-order valence-corrected chi connectivity index (χ4v) is 3.23. The molecule has 1 unspecified atom stereocenters. The molecule has 4 heteroatoms. The number of aryl methyl sites for hydroxylation is 1. The van der Waals surface area contributed by atoms with E-state index in [1.54, 1.807) is 11.8 Å². The van der Waals surface area contributed by atoms with Crippen LogP contribution >= 0.6 is 23.1 Å². The number of aromatic nitrogens is 1. The first-order valence-electron chi connectivity index (χ1n) is 4.07. The Hall–Kier alpha value is -0.0600. The quantitative estimate of drug-likeness (QED) is 0.701. The second-order valence-corrected chi connectivity index (χ2v) is 5.19. The second kappa shape index (κ2) is 3.36. The van der Waals surface area contributed by atoms with Gasteiger partial charge in [0.25, 0.3) is 0 Å². The fourth-order valence-electron chi connectivity index (χ4n) is 1.46. The molecule has 66 valence electrons. The van der Waals surface area contributed by atoms with Gasteiger partial charge in [0.15, 0.2) is 0 Å². The van der Waals surface area contributed by atoms with E-state index < -0.39 is 0 Å². The zero-order valence-corrected chi connectivity index (χ0v) is 8.67. The summed E-state index contributed by atoms with van der Waals surface area (Å²) in [5, 5.41) is 0. The highest BCUT2D eigenvalue weighted by atomic mass is 32.2. The molecule has 1 aliphatic carbocycles. The van der Waals surface area contributed by atoms with E-state index in [9.17, 15) is 0 Å². The lowest BCUT2D eigenvalue weighted by Gasteiger charge is -2.15. The van der Waals surface area contributed by atoms with Crippen molar-refractivity contribution in [2.75, 3.05) is 6.26 Å². The Morgan fingerprint density at radius 2 is 2.50 bits per heavy atom. The lowest BCUT2D eigenvalue weighted by Crippen LogP contribution is -2.26. The minimum absolute atomic E-state index is 0.368. The normalized spacial score (nSPS) is 22.3. The average Bonchev–Trinajstić information content (AvgIpc) is 2.46. The molecule has 12 heavy (non-hydrogen) atoms. The number of thiazole rings is 1. The van der Waals surface area contributed by atoms with E-state index in [0.29, 0.717) is 6.04 Å². The predicted octanol–water partition coefficient (Wildman–Crippen LogP) is 1.68. The van der Waals surface area contributed by atoms with Crippen molar-refractivity contribution in [1.82, 2.24) is 4.98 Å². The lowest BCUT2D eigenvalue weighted by atomic mass is 9.99. The summed E-state index contributed by atoms with van der Waals surface area (Å²) in [6, 6.07) is 0.368. The van der Waals surface area contributed by atoms with Crippen LogP contribution in [0.25, 0.3) is 0 Å². The summed E-state index contributed by atoms with van der Waals surface area (Å²) < 4.78 is 1.19. The molecule has 0 saturated carbocycles. The van der Waals surface area contributed by atoms with Gasteiger partial charge in [0.05, 0.1) is 5.69 Å². The molecule has 1 aliphatic rings. The summed E-state index contributed by atoms with van der Waals surface area (Å²) in [6.07, 6.45) is 5.29. The van der Waals surface area contributed by atoms with Crippen molar-refractivity contribution in [2.45, 2.75) is 29.6 Å². The smallest absolute Gasteiger partial charge is 0.150 e. The van der Waals surface area contributed by atoms with Crippen molar-refractivity contribution in [2.24, 2.45) is 5.73 Å². The van der Waals surface area contributed by atoms with Crippen LogP contribution in [0.3, 0.4) is 0 Å². The Labute approximate surface area is 80.6 Å². The third-order valence-electron chi connectivity index (χ3n) is 2.13. The van der Waals surface area contributed by atoms with Gasteiger partial charge in [-0.2, -0.15) is 0 Å². The third kappa shape index (κ3) is 1.51. The van der Waals surface area contributed by atoms with Gasteiger partial charge >= 0.3 is 0 Å². The molecule has 1 atom stereocenters. The molecule has 1 aromatic rings. The highest BCUT2D eigenvalue weighted by Crippen LogP contribution is 2.30. The summed E-state index contributed by atoms with van der Waals surface area (Å²) in [6.45, 7) is 0. The molecule has 0 amide bonds. The monoisotopic (exact) mass is 200 g/mol. The lowest BCUT2D eigenvalue weighted by molar-refractivity contribution is 0.575. The summed E-state index contributed by atoms with van der Waals surface area (Å²) in [5.74, 6) is 0. The number of nitrogens with two attached hydrogens (primary N) is 1. The van der Waals surface area contributed by atoms with Gasteiger partial charge in [-0.15, -0.1) is 11.3 Å². The molecular formula is C8H12N2S2. The van der Waals surface area contributed by atoms with Crippen LogP contribution in [-0.2, 0) is 12.8 Å². The largest absolute Gasteiger partial charge is 0.327 e. The van der Waals surface area contributed by atoms with Crippen LogP contribution in [0.15, 0.2) is 4.34 Å². The first-order valence-corrected chi connectivity index (χ1v) is 6.12. The number of nitrogens with zero attached hydrogens (tertiary/aromatic N) is 1. The molecule has 0 spiro atoms. The summed E-state index contributed by atoms with van der Waals surface area (Å²) >= 11 is 3.54. The van der Waals surface area contributed by atoms with Crippen LogP contribution in [-0.4, -0.2) is 17.3 Å². The van der Waals surface area contributed by atoms with Crippen molar-refractivity contribution >= 4 is 23.1 Å². The maximum Gasteiger partial charge on any atom is 0.150 e. The van der Waals surface area contributed by atoms with E-state index in [4.69, 9.17) is 5.73 Å². The number of fused-ring (bicyclic) bond motifs is 1. The maximum atomic E-state index is 5.87. The van der Waals surface area contributed by atoms with Crippen molar-refractivity contribution in [3.05, 3.63) is 10.6 Å². The molecule has 0 fully saturated rings. The molecule has 0 aromatic carbocycles. The molecule has 1 aromatic heterocycles. The summed E-state index contributed by atoms with van der Waals surface area (Å²) in [5.41, 5.74) is 7.17. The fraction of sp³-hybridized carbons (Fsp3) is 0.625. The van der Waals surface area contributed by atoms with Crippen LogP contribution in [0.4, 0.5) is 0 Å². The van der Waals surface area contributed by atoms with Gasteiger partial charge in [0.2, 0.25) is 0 Å². The number of hydrogen-bond acceptors (Lipinski definition) is 4. The average molecular weight is 200 g/mol. The van der Waals surface area contributed by atoms with E-state index >= 15 is 0 Å². The van der Waals surface area contributed by atoms with Crippen LogP contribution in [0.5, 0.6) is 0 Å². The zero-order valence-electron chi connectivity index (χ0n) is 7.04. The third-order valence-corrected chi connectivity index (χ3v) is 4.24. The molecule has 2 N–H and O–H groups in total. The summed E-state index contributed by atoms with van der Waals surface area (Å²) in [4.78, 5) is 5.94. The van der Waals surface area contributed by atoms with Gasteiger partial charge in [0, 0.05) is 10.9 Å². The van der Waals surface area contributed by atoms with E-state index in [1.807, 2.05) is 11.3 Å². The van der Waals surface area contributed by atoms with Crippen LogP contribution in [0.1, 0.15) is 17.0 Å². The molecule has 1 heterocycles. The minimum Gasteiger partial charge on any atom is -0.327 e. The Bertz CT molecular complexity index is 283. The van der Waals surface area contributed by atoms with Crippen molar-refractivity contribution in [3.63, 3.8) is 0 Å². The van der Waals surface area contributed by atoms with Gasteiger partial charge in [-0.05, 0) is 25.5 Å². The molecule has 2 rings (SSSR count). The Morgan fingerprint density at radius 1 is 1.67 bits per heavy atom. The highest BCUT2D eigenvalue weighted by Gasteiger charge is 2.19. The highest BCUT2D eigenvalue weighted by molar-refractivity contribution is 8.00. The van der Waals surface area contributed by atoms with Crippen LogP contribution in [0.2, 0.25) is 0 Å². The molecule has 0 bridgehead atoms. The molecular weight excluding hydrogens is 188 g/mol. The van der Waals surface area contributed by atoms with E-state index in [2.05, 4.69) is 11.2 Å². The zero-order chi connectivity index (χ0) is 8.55. The van der Waals surface area contributed by atoms with E-state index in [0.717, 1.165) is 19.3 Å². The van der Waals surface area contributed by atoms with Crippen LogP contribution < -0.4 is 5.73 Å². The first kappa shape index (κ1) is 8.53. The Morgan fingerprint density at radius 3 is 3.25 bits per heavy atom. The number of thioether (sulfide) groups is 1. The number of rotatable bonds is 1.